The summed E-state index contributed by atoms with van der Waals surface area (Å²) in [6, 6.07) is 11.8. The Kier molecular flexibility index (Phi) is 8.12. The standard InChI is InChI=1S/C20H27NO4Si/c1-4-23-26(24-5-2,25-6-3)15-13-17-12-14-21-16-19(17)20(22)18-10-8-7-9-11-18/h7-12,14,16H,4-6,13,15H2,1-3H3. The normalized spacial score (nSPS) is 11.5. The molecule has 1 aromatic carbocycles. The second kappa shape index (κ2) is 10.3. The fourth-order valence-corrected chi connectivity index (χ4v) is 5.46. The van der Waals surface area contributed by atoms with Crippen LogP contribution in [0.25, 0.3) is 0 Å². The van der Waals surface area contributed by atoms with Gasteiger partial charge in [0.2, 0.25) is 0 Å². The van der Waals surface area contributed by atoms with Crippen molar-refractivity contribution in [3.8, 4) is 0 Å². The zero-order chi connectivity index (χ0) is 18.8. The van der Waals surface area contributed by atoms with E-state index in [1.807, 2.05) is 57.2 Å². The van der Waals surface area contributed by atoms with Gasteiger partial charge >= 0.3 is 8.80 Å². The first-order valence-corrected chi connectivity index (χ1v) is 11.0. The number of nitrogens with zero attached hydrogens (tertiary/aromatic N) is 1. The topological polar surface area (TPSA) is 57.7 Å². The number of carbonyl (C=O) groups is 1. The molecule has 0 saturated carbocycles. The number of aromatic nitrogens is 1. The summed E-state index contributed by atoms with van der Waals surface area (Å²) >= 11 is 0. The van der Waals surface area contributed by atoms with Crippen LogP contribution in [0.2, 0.25) is 6.04 Å². The Morgan fingerprint density at radius 2 is 1.58 bits per heavy atom. The van der Waals surface area contributed by atoms with Crippen molar-refractivity contribution in [3.63, 3.8) is 0 Å². The third-order valence-electron chi connectivity index (χ3n) is 3.99. The maximum absolute atomic E-state index is 12.8. The zero-order valence-corrected chi connectivity index (χ0v) is 16.7. The molecule has 0 unspecified atom stereocenters. The lowest BCUT2D eigenvalue weighted by Gasteiger charge is -2.28. The molecular formula is C20H27NO4Si. The van der Waals surface area contributed by atoms with Crippen molar-refractivity contribution < 1.29 is 18.1 Å². The van der Waals surface area contributed by atoms with Gasteiger partial charge in [-0.05, 0) is 38.8 Å². The first-order valence-electron chi connectivity index (χ1n) is 9.10. The minimum atomic E-state index is -2.75. The summed E-state index contributed by atoms with van der Waals surface area (Å²) in [6.07, 6.45) is 3.99. The third-order valence-corrected chi connectivity index (χ3v) is 7.03. The van der Waals surface area contributed by atoms with E-state index < -0.39 is 8.80 Å². The highest BCUT2D eigenvalue weighted by molar-refractivity contribution is 6.60. The van der Waals surface area contributed by atoms with Crippen LogP contribution in [0.4, 0.5) is 0 Å². The van der Waals surface area contributed by atoms with Gasteiger partial charge in [0.15, 0.2) is 5.78 Å². The van der Waals surface area contributed by atoms with Gasteiger partial charge in [-0.1, -0.05) is 30.3 Å². The monoisotopic (exact) mass is 373 g/mol. The van der Waals surface area contributed by atoms with Crippen molar-refractivity contribution in [2.75, 3.05) is 19.8 Å². The summed E-state index contributed by atoms with van der Waals surface area (Å²) in [5, 5.41) is 0. The summed E-state index contributed by atoms with van der Waals surface area (Å²) in [6.45, 7) is 7.44. The van der Waals surface area contributed by atoms with Crippen LogP contribution in [0.5, 0.6) is 0 Å². The van der Waals surface area contributed by atoms with E-state index in [1.165, 1.54) is 0 Å². The van der Waals surface area contributed by atoms with Crippen LogP contribution in [-0.4, -0.2) is 39.4 Å². The third kappa shape index (κ3) is 5.31. The molecule has 0 saturated heterocycles. The molecule has 2 aromatic rings. The van der Waals surface area contributed by atoms with E-state index in [-0.39, 0.29) is 5.78 Å². The molecule has 5 nitrogen and oxygen atoms in total. The number of ketones is 1. The fraction of sp³-hybridized carbons (Fsp3) is 0.400. The van der Waals surface area contributed by atoms with E-state index in [1.54, 1.807) is 12.4 Å². The van der Waals surface area contributed by atoms with Gasteiger partial charge in [0.25, 0.3) is 0 Å². The van der Waals surface area contributed by atoms with Gasteiger partial charge in [-0.2, -0.15) is 0 Å². The number of hydrogen-bond donors (Lipinski definition) is 0. The molecule has 0 amide bonds. The van der Waals surface area contributed by atoms with Gasteiger partial charge < -0.3 is 13.3 Å². The molecule has 0 aliphatic rings. The lowest BCUT2D eigenvalue weighted by atomic mass is 9.99. The number of benzene rings is 1. The van der Waals surface area contributed by atoms with E-state index in [0.717, 1.165) is 5.56 Å². The molecule has 0 spiro atoms. The molecule has 1 heterocycles. The summed E-state index contributed by atoms with van der Waals surface area (Å²) in [5.41, 5.74) is 2.21. The van der Waals surface area contributed by atoms with Crippen LogP contribution in [0.3, 0.4) is 0 Å². The van der Waals surface area contributed by atoms with Crippen LogP contribution in [0.1, 0.15) is 42.3 Å². The molecule has 0 N–H and O–H groups in total. The Morgan fingerprint density at radius 3 is 2.15 bits per heavy atom. The molecular weight excluding hydrogens is 346 g/mol. The average molecular weight is 374 g/mol. The van der Waals surface area contributed by atoms with Crippen LogP contribution in [-0.2, 0) is 19.7 Å². The predicted molar refractivity (Wildman–Crippen MR) is 103 cm³/mol. The minimum Gasteiger partial charge on any atom is -0.374 e. The summed E-state index contributed by atoms with van der Waals surface area (Å²) in [4.78, 5) is 17.0. The van der Waals surface area contributed by atoms with Crippen LogP contribution in [0, 0.1) is 0 Å². The van der Waals surface area contributed by atoms with Crippen LogP contribution >= 0.6 is 0 Å². The van der Waals surface area contributed by atoms with Gasteiger partial charge in [0.1, 0.15) is 0 Å². The van der Waals surface area contributed by atoms with Gasteiger partial charge in [0, 0.05) is 49.4 Å². The Balaban J connectivity index is 2.22. The number of aryl methyl sites for hydroxylation is 1. The Bertz CT molecular complexity index is 676. The quantitative estimate of drug-likeness (QED) is 0.442. The SMILES string of the molecule is CCO[Si](CCc1ccncc1C(=O)c1ccccc1)(OCC)OCC. The van der Waals surface area contributed by atoms with E-state index in [0.29, 0.717) is 43.4 Å². The molecule has 140 valence electrons. The second-order valence-corrected chi connectivity index (χ2v) is 8.44. The molecule has 0 atom stereocenters. The van der Waals surface area contributed by atoms with E-state index in [4.69, 9.17) is 13.3 Å². The predicted octanol–water partition coefficient (Wildman–Crippen LogP) is 3.90. The van der Waals surface area contributed by atoms with Crippen molar-refractivity contribution in [2.24, 2.45) is 0 Å². The average Bonchev–Trinajstić information content (AvgIpc) is 2.67. The smallest absolute Gasteiger partial charge is 0.374 e. The number of hydrogen-bond acceptors (Lipinski definition) is 5. The molecule has 0 aliphatic heterocycles. The molecule has 0 radical (unpaired) electrons. The maximum atomic E-state index is 12.8. The first-order chi connectivity index (χ1) is 12.7. The number of pyridine rings is 1. The molecule has 2 rings (SSSR count). The minimum absolute atomic E-state index is 0.0230. The van der Waals surface area contributed by atoms with E-state index in [9.17, 15) is 4.79 Å². The number of carbonyl (C=O) groups excluding carboxylic acids is 1. The van der Waals surface area contributed by atoms with Crippen molar-refractivity contribution in [1.29, 1.82) is 0 Å². The molecule has 1 aromatic heterocycles. The van der Waals surface area contributed by atoms with Gasteiger partial charge in [-0.3, -0.25) is 9.78 Å². The molecule has 0 aliphatic carbocycles. The highest BCUT2D eigenvalue weighted by atomic mass is 28.4. The number of rotatable bonds is 11. The summed E-state index contributed by atoms with van der Waals surface area (Å²) in [5.74, 6) is -0.0230. The van der Waals surface area contributed by atoms with E-state index >= 15 is 0 Å². The highest BCUT2D eigenvalue weighted by Crippen LogP contribution is 2.22. The van der Waals surface area contributed by atoms with Crippen molar-refractivity contribution in [2.45, 2.75) is 33.2 Å². The largest absolute Gasteiger partial charge is 0.501 e. The molecule has 6 heteroatoms. The summed E-state index contributed by atoms with van der Waals surface area (Å²) < 4.78 is 17.7. The maximum Gasteiger partial charge on any atom is 0.501 e. The zero-order valence-electron chi connectivity index (χ0n) is 15.7. The lowest BCUT2D eigenvalue weighted by Crippen LogP contribution is -2.46. The Morgan fingerprint density at radius 1 is 0.962 bits per heavy atom. The lowest BCUT2D eigenvalue weighted by molar-refractivity contribution is 0.0713. The summed E-state index contributed by atoms with van der Waals surface area (Å²) in [7, 11) is -2.75. The molecule has 0 bridgehead atoms. The first kappa shape index (κ1) is 20.4. The van der Waals surface area contributed by atoms with Crippen LogP contribution < -0.4 is 0 Å². The fourth-order valence-electron chi connectivity index (χ4n) is 2.88. The van der Waals surface area contributed by atoms with Crippen molar-refractivity contribution in [3.05, 3.63) is 65.5 Å². The Hall–Kier alpha value is -1.86. The molecule has 26 heavy (non-hydrogen) atoms. The second-order valence-electron chi connectivity index (χ2n) is 5.71. The van der Waals surface area contributed by atoms with Gasteiger partial charge in [-0.25, -0.2) is 0 Å². The van der Waals surface area contributed by atoms with Crippen LogP contribution in [0.15, 0.2) is 48.8 Å². The van der Waals surface area contributed by atoms with E-state index in [2.05, 4.69) is 4.98 Å². The van der Waals surface area contributed by atoms with Crippen molar-refractivity contribution in [1.82, 2.24) is 4.98 Å². The highest BCUT2D eigenvalue weighted by Gasteiger charge is 2.40. The Labute approximate surface area is 156 Å². The molecule has 0 fully saturated rings. The van der Waals surface area contributed by atoms with Gasteiger partial charge in [0.05, 0.1) is 0 Å². The van der Waals surface area contributed by atoms with Gasteiger partial charge in [-0.15, -0.1) is 0 Å². The van der Waals surface area contributed by atoms with Crippen molar-refractivity contribution >= 4 is 14.6 Å².